The molecule has 0 radical (unpaired) electrons. The van der Waals surface area contributed by atoms with E-state index in [0.717, 1.165) is 19.5 Å². The molecule has 1 saturated heterocycles. The summed E-state index contributed by atoms with van der Waals surface area (Å²) < 4.78 is 0. The van der Waals surface area contributed by atoms with Crippen LogP contribution < -0.4 is 5.32 Å². The lowest BCUT2D eigenvalue weighted by Gasteiger charge is -2.35. The van der Waals surface area contributed by atoms with Crippen molar-refractivity contribution in [1.82, 2.24) is 10.2 Å². The molecule has 3 nitrogen and oxygen atoms in total. The lowest BCUT2D eigenvalue weighted by Crippen LogP contribution is -2.47. The number of likely N-dealkylation sites (N-methyl/N-ethyl adjacent to an activating group) is 1. The summed E-state index contributed by atoms with van der Waals surface area (Å²) in [5.41, 5.74) is 0.216. The van der Waals surface area contributed by atoms with E-state index in [0.29, 0.717) is 24.3 Å². The van der Waals surface area contributed by atoms with E-state index in [-0.39, 0.29) is 17.8 Å². The van der Waals surface area contributed by atoms with E-state index in [2.05, 4.69) is 33.0 Å². The number of nitrogens with one attached hydrogen (secondary N) is 1. The van der Waals surface area contributed by atoms with Gasteiger partial charge in [0.05, 0.1) is 0 Å². The minimum atomic E-state index is 0. The first-order valence-electron chi connectivity index (χ1n) is 6.79. The monoisotopic (exact) mass is 276 g/mol. The van der Waals surface area contributed by atoms with E-state index < -0.39 is 0 Å². The van der Waals surface area contributed by atoms with E-state index in [4.69, 9.17) is 0 Å². The summed E-state index contributed by atoms with van der Waals surface area (Å²) in [4.78, 5) is 14.2. The predicted molar refractivity (Wildman–Crippen MR) is 79.1 cm³/mol. The van der Waals surface area contributed by atoms with Crippen LogP contribution in [0.5, 0.6) is 0 Å². The zero-order valence-corrected chi connectivity index (χ0v) is 13.3. The van der Waals surface area contributed by atoms with Gasteiger partial charge in [-0.1, -0.05) is 27.7 Å². The molecule has 1 aliphatic heterocycles. The van der Waals surface area contributed by atoms with Gasteiger partial charge in [-0.3, -0.25) is 4.79 Å². The zero-order chi connectivity index (χ0) is 13.1. The Hall–Kier alpha value is -0.280. The Bertz CT molecular complexity index is 263. The molecule has 1 N–H and O–H groups in total. The largest absolute Gasteiger partial charge is 0.341 e. The van der Waals surface area contributed by atoms with E-state index >= 15 is 0 Å². The molecule has 1 aliphatic rings. The highest BCUT2D eigenvalue weighted by atomic mass is 35.5. The van der Waals surface area contributed by atoms with Crippen molar-refractivity contribution < 1.29 is 4.79 Å². The Morgan fingerprint density at radius 2 is 2.06 bits per heavy atom. The number of carbonyl (C=O) groups is 1. The average Bonchev–Trinajstić information content (AvgIpc) is 2.27. The molecule has 2 unspecified atom stereocenters. The van der Waals surface area contributed by atoms with Crippen LogP contribution in [-0.4, -0.2) is 37.0 Å². The maximum atomic E-state index is 12.2. The van der Waals surface area contributed by atoms with Gasteiger partial charge in [0.25, 0.3) is 0 Å². The first-order valence-corrected chi connectivity index (χ1v) is 6.79. The van der Waals surface area contributed by atoms with Gasteiger partial charge in [0.2, 0.25) is 5.91 Å². The maximum absolute atomic E-state index is 12.2. The van der Waals surface area contributed by atoms with Gasteiger partial charge in [0.15, 0.2) is 0 Å². The molecule has 1 amide bonds. The van der Waals surface area contributed by atoms with Gasteiger partial charge < -0.3 is 10.2 Å². The number of likely N-dealkylation sites (tertiary alicyclic amines) is 1. The number of halogens is 1. The number of nitrogens with zero attached hydrogens (tertiary/aromatic N) is 1. The van der Waals surface area contributed by atoms with Crippen LogP contribution in [0, 0.1) is 11.3 Å². The molecule has 18 heavy (non-hydrogen) atoms. The van der Waals surface area contributed by atoms with Crippen LogP contribution in [0.25, 0.3) is 0 Å². The number of piperidine rings is 1. The van der Waals surface area contributed by atoms with Crippen molar-refractivity contribution in [2.45, 2.75) is 53.0 Å². The number of carbonyl (C=O) groups excluding carboxylic acids is 1. The molecule has 0 spiro atoms. The molecular weight excluding hydrogens is 248 g/mol. The molecule has 0 saturated carbocycles. The van der Waals surface area contributed by atoms with Gasteiger partial charge in [-0.05, 0) is 31.2 Å². The standard InChI is InChI=1S/C14H28N2O.ClH/c1-11(14(2,3)4)9-13(17)16-8-6-7-12(10-16)15-5;/h11-12,15H,6-10H2,1-5H3;1H. The summed E-state index contributed by atoms with van der Waals surface area (Å²) in [5.74, 6) is 0.761. The Kier molecular flexibility index (Phi) is 7.23. The first kappa shape index (κ1) is 17.7. The molecular formula is C14H29ClN2O. The van der Waals surface area contributed by atoms with Gasteiger partial charge in [-0.25, -0.2) is 0 Å². The summed E-state index contributed by atoms with van der Waals surface area (Å²) in [6.45, 7) is 10.6. The van der Waals surface area contributed by atoms with Crippen molar-refractivity contribution in [3.8, 4) is 0 Å². The van der Waals surface area contributed by atoms with Gasteiger partial charge in [-0.15, -0.1) is 12.4 Å². The molecule has 0 aromatic carbocycles. The lowest BCUT2D eigenvalue weighted by atomic mass is 9.80. The van der Waals surface area contributed by atoms with Gasteiger partial charge >= 0.3 is 0 Å². The fourth-order valence-electron chi connectivity index (χ4n) is 2.14. The van der Waals surface area contributed by atoms with Crippen LogP contribution in [0.1, 0.15) is 47.0 Å². The SMILES string of the molecule is CNC1CCCN(C(=O)CC(C)C(C)(C)C)C1.Cl. The Balaban J connectivity index is 0.00000289. The second-order valence-electron chi connectivity index (χ2n) is 6.44. The first-order chi connectivity index (χ1) is 7.84. The second-order valence-corrected chi connectivity index (χ2v) is 6.44. The molecule has 0 bridgehead atoms. The Morgan fingerprint density at radius 1 is 1.44 bits per heavy atom. The van der Waals surface area contributed by atoms with Crippen LogP contribution in [0.2, 0.25) is 0 Å². The molecule has 1 rings (SSSR count). The van der Waals surface area contributed by atoms with Gasteiger partial charge in [0.1, 0.15) is 0 Å². The molecule has 108 valence electrons. The van der Waals surface area contributed by atoms with E-state index in [1.54, 1.807) is 0 Å². The fourth-order valence-corrected chi connectivity index (χ4v) is 2.14. The smallest absolute Gasteiger partial charge is 0.222 e. The number of rotatable bonds is 3. The third-order valence-corrected chi connectivity index (χ3v) is 4.14. The summed E-state index contributed by atoms with van der Waals surface area (Å²) in [7, 11) is 1.98. The van der Waals surface area contributed by atoms with E-state index in [1.165, 1.54) is 6.42 Å². The average molecular weight is 277 g/mol. The predicted octanol–water partition coefficient (Wildman–Crippen LogP) is 2.69. The molecule has 0 aromatic heterocycles. The van der Waals surface area contributed by atoms with Gasteiger partial charge in [-0.2, -0.15) is 0 Å². The maximum Gasteiger partial charge on any atom is 0.222 e. The summed E-state index contributed by atoms with van der Waals surface area (Å²) in [6.07, 6.45) is 3.00. The van der Waals surface area contributed by atoms with Crippen molar-refractivity contribution >= 4 is 18.3 Å². The van der Waals surface area contributed by atoms with Crippen LogP contribution in [0.3, 0.4) is 0 Å². The number of amides is 1. The van der Waals surface area contributed by atoms with Crippen molar-refractivity contribution in [3.05, 3.63) is 0 Å². The Morgan fingerprint density at radius 3 is 2.56 bits per heavy atom. The lowest BCUT2D eigenvalue weighted by molar-refractivity contribution is -0.134. The molecule has 1 fully saturated rings. The molecule has 1 heterocycles. The number of hydrogen-bond acceptors (Lipinski definition) is 2. The van der Waals surface area contributed by atoms with Crippen molar-refractivity contribution in [1.29, 1.82) is 0 Å². The summed E-state index contributed by atoms with van der Waals surface area (Å²) >= 11 is 0. The number of hydrogen-bond donors (Lipinski definition) is 1. The normalized spacial score (nSPS) is 22.3. The fraction of sp³-hybridized carbons (Fsp3) is 0.929. The Labute approximate surface area is 118 Å². The van der Waals surface area contributed by atoms with Crippen molar-refractivity contribution in [2.75, 3.05) is 20.1 Å². The van der Waals surface area contributed by atoms with Crippen molar-refractivity contribution in [2.24, 2.45) is 11.3 Å². The molecule has 4 heteroatoms. The van der Waals surface area contributed by atoms with E-state index in [9.17, 15) is 4.79 Å². The zero-order valence-electron chi connectivity index (χ0n) is 12.5. The highest BCUT2D eigenvalue weighted by molar-refractivity contribution is 5.85. The third-order valence-electron chi connectivity index (χ3n) is 4.14. The summed E-state index contributed by atoms with van der Waals surface area (Å²) in [6, 6.07) is 0.484. The topological polar surface area (TPSA) is 32.3 Å². The molecule has 0 aromatic rings. The van der Waals surface area contributed by atoms with Crippen LogP contribution in [0.4, 0.5) is 0 Å². The second kappa shape index (κ2) is 7.34. The van der Waals surface area contributed by atoms with Gasteiger partial charge in [0, 0.05) is 25.6 Å². The van der Waals surface area contributed by atoms with Crippen LogP contribution in [-0.2, 0) is 4.79 Å². The highest BCUT2D eigenvalue weighted by Crippen LogP contribution is 2.28. The quantitative estimate of drug-likeness (QED) is 0.860. The third kappa shape index (κ3) is 5.15. The van der Waals surface area contributed by atoms with Crippen molar-refractivity contribution in [3.63, 3.8) is 0 Å². The van der Waals surface area contributed by atoms with Crippen LogP contribution >= 0.6 is 12.4 Å². The van der Waals surface area contributed by atoms with Crippen LogP contribution in [0.15, 0.2) is 0 Å². The molecule has 2 atom stereocenters. The molecule has 0 aliphatic carbocycles. The minimum Gasteiger partial charge on any atom is -0.341 e. The van der Waals surface area contributed by atoms with E-state index in [1.807, 2.05) is 11.9 Å². The highest BCUT2D eigenvalue weighted by Gasteiger charge is 2.27. The summed E-state index contributed by atoms with van der Waals surface area (Å²) in [5, 5.41) is 3.28. The minimum absolute atomic E-state index is 0.